The number of aliphatic hydroxyl groups is 3. The van der Waals surface area contributed by atoms with Crippen LogP contribution >= 0.6 is 0 Å². The summed E-state index contributed by atoms with van der Waals surface area (Å²) >= 11 is 0. The Balaban J connectivity index is 5.35. The third-order valence-electron chi connectivity index (χ3n) is 2.67. The van der Waals surface area contributed by atoms with E-state index in [0.717, 1.165) is 20.8 Å². The number of rotatable bonds is 6. The molecule has 0 saturated carbocycles. The van der Waals surface area contributed by atoms with Crippen LogP contribution < -0.4 is 0 Å². The summed E-state index contributed by atoms with van der Waals surface area (Å²) in [5.41, 5.74) is -2.02. The second-order valence-corrected chi connectivity index (χ2v) is 3.84. The van der Waals surface area contributed by atoms with Gasteiger partial charge in [0.15, 0.2) is 5.78 Å². The Morgan fingerprint density at radius 1 is 1.19 bits per heavy atom. The van der Waals surface area contributed by atoms with Crippen molar-refractivity contribution in [3.05, 3.63) is 0 Å². The fraction of sp³-hybridized carbons (Fsp3) is 0.700. The molecule has 0 heterocycles. The lowest BCUT2D eigenvalue weighted by molar-refractivity contribution is -0.158. The van der Waals surface area contributed by atoms with Crippen LogP contribution in [-0.4, -0.2) is 51.5 Å². The van der Waals surface area contributed by atoms with Crippen molar-refractivity contribution < 1.29 is 29.7 Å². The van der Waals surface area contributed by atoms with Gasteiger partial charge >= 0.3 is 0 Å². The van der Waals surface area contributed by atoms with Crippen LogP contribution in [0.2, 0.25) is 0 Å². The topological polar surface area (TPSA) is 112 Å². The first kappa shape index (κ1) is 14.9. The van der Waals surface area contributed by atoms with E-state index in [1.54, 1.807) is 0 Å². The first-order valence-electron chi connectivity index (χ1n) is 4.73. The van der Waals surface area contributed by atoms with E-state index in [4.69, 9.17) is 5.11 Å². The van der Waals surface area contributed by atoms with Gasteiger partial charge in [-0.05, 0) is 13.8 Å². The van der Waals surface area contributed by atoms with E-state index in [1.807, 2.05) is 0 Å². The summed E-state index contributed by atoms with van der Waals surface area (Å²) < 4.78 is 0. The van der Waals surface area contributed by atoms with E-state index in [-0.39, 0.29) is 0 Å². The third kappa shape index (κ3) is 2.52. The molecule has 0 rings (SSSR count). The van der Waals surface area contributed by atoms with Crippen molar-refractivity contribution in [2.24, 2.45) is 5.41 Å². The van der Waals surface area contributed by atoms with Gasteiger partial charge in [-0.25, -0.2) is 0 Å². The first-order valence-corrected chi connectivity index (χ1v) is 4.73. The monoisotopic (exact) mass is 232 g/mol. The van der Waals surface area contributed by atoms with Gasteiger partial charge < -0.3 is 15.3 Å². The van der Waals surface area contributed by atoms with Gasteiger partial charge in [0.25, 0.3) is 0 Å². The standard InChI is InChI=1S/C10H16O6/c1-5(12)8(15)10(3,6(2)13)9(16)7(14)4-11/h7,9,11,14,16H,4H2,1-3H3. The van der Waals surface area contributed by atoms with Crippen LogP contribution in [0.4, 0.5) is 0 Å². The maximum absolute atomic E-state index is 11.5. The van der Waals surface area contributed by atoms with E-state index in [0.29, 0.717) is 0 Å². The predicted octanol–water partition coefficient (Wildman–Crippen LogP) is -1.55. The molecule has 6 heteroatoms. The highest BCUT2D eigenvalue weighted by Gasteiger charge is 2.49. The molecule has 0 radical (unpaired) electrons. The molecule has 0 aromatic rings. The molecule has 16 heavy (non-hydrogen) atoms. The van der Waals surface area contributed by atoms with Crippen LogP contribution in [0.3, 0.4) is 0 Å². The zero-order chi connectivity index (χ0) is 13.1. The zero-order valence-electron chi connectivity index (χ0n) is 9.43. The fourth-order valence-corrected chi connectivity index (χ4v) is 1.35. The van der Waals surface area contributed by atoms with Gasteiger partial charge in [-0.1, -0.05) is 0 Å². The molecule has 3 atom stereocenters. The van der Waals surface area contributed by atoms with Crippen molar-refractivity contribution in [1.29, 1.82) is 0 Å². The minimum absolute atomic E-state index is 0.743. The van der Waals surface area contributed by atoms with Gasteiger partial charge in [0.05, 0.1) is 6.61 Å². The highest BCUT2D eigenvalue weighted by Crippen LogP contribution is 2.27. The van der Waals surface area contributed by atoms with E-state index in [1.165, 1.54) is 0 Å². The summed E-state index contributed by atoms with van der Waals surface area (Å²) in [6.07, 6.45) is -3.47. The highest BCUT2D eigenvalue weighted by atomic mass is 16.4. The summed E-state index contributed by atoms with van der Waals surface area (Å²) in [7, 11) is 0. The van der Waals surface area contributed by atoms with Gasteiger partial charge in [0, 0.05) is 6.92 Å². The molecule has 0 fully saturated rings. The summed E-state index contributed by atoms with van der Waals surface area (Å²) in [6, 6.07) is 0. The van der Waals surface area contributed by atoms with Crippen molar-refractivity contribution in [2.45, 2.75) is 33.0 Å². The smallest absolute Gasteiger partial charge is 0.214 e. The lowest BCUT2D eigenvalue weighted by Gasteiger charge is -2.31. The number of carbonyl (C=O) groups is 3. The Morgan fingerprint density at radius 2 is 1.62 bits per heavy atom. The van der Waals surface area contributed by atoms with Crippen LogP contribution in [-0.2, 0) is 14.4 Å². The number of aliphatic hydroxyl groups excluding tert-OH is 3. The molecule has 0 aliphatic carbocycles. The van der Waals surface area contributed by atoms with Crippen molar-refractivity contribution in [3.8, 4) is 0 Å². The molecule has 3 unspecified atom stereocenters. The largest absolute Gasteiger partial charge is 0.394 e. The van der Waals surface area contributed by atoms with E-state index >= 15 is 0 Å². The molecule has 0 spiro atoms. The van der Waals surface area contributed by atoms with Gasteiger partial charge in [0.1, 0.15) is 23.4 Å². The number of carbonyl (C=O) groups excluding carboxylic acids is 3. The molecule has 6 nitrogen and oxygen atoms in total. The van der Waals surface area contributed by atoms with Crippen LogP contribution in [0.25, 0.3) is 0 Å². The van der Waals surface area contributed by atoms with E-state index in [9.17, 15) is 24.6 Å². The summed E-state index contributed by atoms with van der Waals surface area (Å²) in [5, 5.41) is 27.5. The quantitative estimate of drug-likeness (QED) is 0.378. The minimum atomic E-state index is -2.02. The van der Waals surface area contributed by atoms with E-state index in [2.05, 4.69) is 0 Å². The third-order valence-corrected chi connectivity index (χ3v) is 2.67. The first-order chi connectivity index (χ1) is 7.19. The normalized spacial score (nSPS) is 18.4. The maximum Gasteiger partial charge on any atom is 0.214 e. The maximum atomic E-state index is 11.5. The van der Waals surface area contributed by atoms with Crippen molar-refractivity contribution >= 4 is 17.3 Å². The average molecular weight is 232 g/mol. The second kappa shape index (κ2) is 5.29. The van der Waals surface area contributed by atoms with Crippen LogP contribution in [0, 0.1) is 5.41 Å². The average Bonchev–Trinajstić information content (AvgIpc) is 2.24. The Bertz CT molecular complexity index is 310. The molecule has 3 N–H and O–H groups in total. The molecule has 0 aromatic carbocycles. The molecule has 92 valence electrons. The number of Topliss-reactive ketones (excluding diaryl/α,β-unsaturated/α-hetero) is 3. The summed E-state index contributed by atoms with van der Waals surface area (Å²) in [6.45, 7) is 2.27. The molecule has 0 aromatic heterocycles. The van der Waals surface area contributed by atoms with Crippen LogP contribution in [0.5, 0.6) is 0 Å². The highest BCUT2D eigenvalue weighted by molar-refractivity contribution is 6.42. The lowest BCUT2D eigenvalue weighted by atomic mass is 9.73. The van der Waals surface area contributed by atoms with Crippen molar-refractivity contribution in [1.82, 2.24) is 0 Å². The molecule has 0 aliphatic rings. The van der Waals surface area contributed by atoms with Gasteiger partial charge in [-0.15, -0.1) is 0 Å². The fourth-order valence-electron chi connectivity index (χ4n) is 1.35. The number of ketones is 3. The van der Waals surface area contributed by atoms with Crippen LogP contribution in [0.15, 0.2) is 0 Å². The van der Waals surface area contributed by atoms with Crippen LogP contribution in [0.1, 0.15) is 20.8 Å². The molecular weight excluding hydrogens is 216 g/mol. The van der Waals surface area contributed by atoms with Gasteiger partial charge in [-0.2, -0.15) is 0 Å². The predicted molar refractivity (Wildman–Crippen MR) is 53.6 cm³/mol. The minimum Gasteiger partial charge on any atom is -0.394 e. The molecule has 0 amide bonds. The van der Waals surface area contributed by atoms with Gasteiger partial charge in [-0.3, -0.25) is 14.4 Å². The SMILES string of the molecule is CC(=O)C(=O)C(C)(C(C)=O)C(O)C(O)CO. The van der Waals surface area contributed by atoms with Crippen molar-refractivity contribution in [2.75, 3.05) is 6.61 Å². The number of hydrogen-bond acceptors (Lipinski definition) is 6. The van der Waals surface area contributed by atoms with Gasteiger partial charge in [0.2, 0.25) is 5.78 Å². The molecular formula is C10H16O6. The summed E-state index contributed by atoms with van der Waals surface area (Å²) in [5.74, 6) is -2.71. The molecule has 0 saturated heterocycles. The Hall–Kier alpha value is -1.11. The Labute approximate surface area is 92.9 Å². The Kier molecular flexibility index (Phi) is 4.92. The number of hydrogen-bond donors (Lipinski definition) is 3. The molecule has 0 aliphatic heterocycles. The molecule has 0 bridgehead atoms. The Morgan fingerprint density at radius 3 is 1.88 bits per heavy atom. The zero-order valence-corrected chi connectivity index (χ0v) is 9.43. The van der Waals surface area contributed by atoms with Crippen molar-refractivity contribution in [3.63, 3.8) is 0 Å². The lowest BCUT2D eigenvalue weighted by Crippen LogP contribution is -2.53. The van der Waals surface area contributed by atoms with E-state index < -0.39 is 41.6 Å². The summed E-state index contributed by atoms with van der Waals surface area (Å²) in [4.78, 5) is 33.8. The second-order valence-electron chi connectivity index (χ2n) is 3.84.